The molecule has 148 valence electrons. The lowest BCUT2D eigenvalue weighted by atomic mass is 10.1. The van der Waals surface area contributed by atoms with Gasteiger partial charge in [-0.3, -0.25) is 4.90 Å². The number of aryl methyl sites for hydroxylation is 1. The summed E-state index contributed by atoms with van der Waals surface area (Å²) >= 11 is 0. The van der Waals surface area contributed by atoms with Crippen molar-refractivity contribution in [2.45, 2.75) is 26.1 Å². The number of ether oxygens (including phenoxy) is 2. The van der Waals surface area contributed by atoms with E-state index in [1.165, 1.54) is 11.1 Å². The number of nitrogens with zero attached hydrogens (tertiary/aromatic N) is 1. The zero-order chi connectivity index (χ0) is 19.8. The van der Waals surface area contributed by atoms with Crippen molar-refractivity contribution in [1.29, 1.82) is 0 Å². The van der Waals surface area contributed by atoms with E-state index < -0.39 is 6.10 Å². The second kappa shape index (κ2) is 9.97. The number of furan rings is 1. The van der Waals surface area contributed by atoms with Crippen molar-refractivity contribution in [3.63, 3.8) is 0 Å². The molecule has 1 N–H and O–H groups in total. The summed E-state index contributed by atoms with van der Waals surface area (Å²) in [7, 11) is 1.63. The first-order chi connectivity index (χ1) is 13.6. The smallest absolute Gasteiger partial charge is 0.119 e. The van der Waals surface area contributed by atoms with Crippen LogP contribution in [0.1, 0.15) is 16.9 Å². The number of hydrogen-bond acceptors (Lipinski definition) is 5. The van der Waals surface area contributed by atoms with E-state index in [1.807, 2.05) is 36.4 Å². The van der Waals surface area contributed by atoms with Crippen LogP contribution in [-0.2, 0) is 13.1 Å². The molecule has 0 aliphatic heterocycles. The Balaban J connectivity index is 1.58. The fourth-order valence-corrected chi connectivity index (χ4v) is 3.09. The van der Waals surface area contributed by atoms with Gasteiger partial charge in [-0.2, -0.15) is 0 Å². The molecule has 28 heavy (non-hydrogen) atoms. The van der Waals surface area contributed by atoms with Crippen LogP contribution in [0.4, 0.5) is 0 Å². The van der Waals surface area contributed by atoms with Gasteiger partial charge in [0.05, 0.1) is 19.9 Å². The van der Waals surface area contributed by atoms with Crippen LogP contribution in [-0.4, -0.2) is 36.4 Å². The molecule has 3 rings (SSSR count). The molecule has 5 heteroatoms. The van der Waals surface area contributed by atoms with Crippen molar-refractivity contribution < 1.29 is 19.0 Å². The van der Waals surface area contributed by atoms with Gasteiger partial charge in [-0.05, 0) is 48.9 Å². The standard InChI is InChI=1S/C23H27NO4/c1-18-5-3-6-19(13-18)14-24(16-23-7-4-12-27-23)15-20(25)17-28-22-10-8-21(26-2)9-11-22/h3-13,20,25H,14-17H2,1-2H3. The van der Waals surface area contributed by atoms with Gasteiger partial charge in [-0.25, -0.2) is 0 Å². The molecule has 3 aromatic rings. The van der Waals surface area contributed by atoms with Gasteiger partial charge in [0, 0.05) is 13.1 Å². The summed E-state index contributed by atoms with van der Waals surface area (Å²) < 4.78 is 16.4. The van der Waals surface area contributed by atoms with Gasteiger partial charge in [0.1, 0.15) is 30.0 Å². The lowest BCUT2D eigenvalue weighted by Gasteiger charge is -2.24. The maximum absolute atomic E-state index is 10.5. The van der Waals surface area contributed by atoms with Crippen LogP contribution in [0.25, 0.3) is 0 Å². The van der Waals surface area contributed by atoms with Crippen LogP contribution in [0.2, 0.25) is 0 Å². The normalized spacial score (nSPS) is 12.1. The third kappa shape index (κ3) is 6.15. The minimum absolute atomic E-state index is 0.217. The van der Waals surface area contributed by atoms with Gasteiger partial charge in [-0.15, -0.1) is 0 Å². The van der Waals surface area contributed by atoms with E-state index in [0.29, 0.717) is 18.8 Å². The molecule has 5 nitrogen and oxygen atoms in total. The lowest BCUT2D eigenvalue weighted by molar-refractivity contribution is 0.0604. The summed E-state index contributed by atoms with van der Waals surface area (Å²) in [4.78, 5) is 2.16. The average Bonchev–Trinajstić information content (AvgIpc) is 3.20. The molecule has 1 unspecified atom stereocenters. The van der Waals surface area contributed by atoms with Crippen molar-refractivity contribution in [1.82, 2.24) is 4.90 Å². The SMILES string of the molecule is COc1ccc(OCC(O)CN(Cc2cccc(C)c2)Cc2ccco2)cc1. The first kappa shape index (κ1) is 20.0. The maximum atomic E-state index is 10.5. The molecule has 0 saturated carbocycles. The van der Waals surface area contributed by atoms with E-state index >= 15 is 0 Å². The molecule has 1 atom stereocenters. The topological polar surface area (TPSA) is 55.1 Å². The highest BCUT2D eigenvalue weighted by atomic mass is 16.5. The van der Waals surface area contributed by atoms with E-state index in [-0.39, 0.29) is 6.61 Å². The van der Waals surface area contributed by atoms with E-state index in [4.69, 9.17) is 13.9 Å². The van der Waals surface area contributed by atoms with Crippen molar-refractivity contribution in [2.24, 2.45) is 0 Å². The Kier molecular flexibility index (Phi) is 7.12. The van der Waals surface area contributed by atoms with Crippen molar-refractivity contribution >= 4 is 0 Å². The van der Waals surface area contributed by atoms with Crippen molar-refractivity contribution in [2.75, 3.05) is 20.3 Å². The van der Waals surface area contributed by atoms with Crippen molar-refractivity contribution in [3.05, 3.63) is 83.8 Å². The average molecular weight is 381 g/mol. The van der Waals surface area contributed by atoms with E-state index in [9.17, 15) is 5.11 Å². The third-order valence-electron chi connectivity index (χ3n) is 4.42. The summed E-state index contributed by atoms with van der Waals surface area (Å²) in [6.07, 6.45) is 1.05. The number of aliphatic hydroxyl groups excluding tert-OH is 1. The fourth-order valence-electron chi connectivity index (χ4n) is 3.09. The Morgan fingerprint density at radius 1 is 1.00 bits per heavy atom. The fraction of sp³-hybridized carbons (Fsp3) is 0.304. The Morgan fingerprint density at radius 2 is 1.79 bits per heavy atom. The third-order valence-corrected chi connectivity index (χ3v) is 4.42. The van der Waals surface area contributed by atoms with Crippen LogP contribution in [0.15, 0.2) is 71.3 Å². The van der Waals surface area contributed by atoms with Crippen LogP contribution >= 0.6 is 0 Å². The zero-order valence-electron chi connectivity index (χ0n) is 16.4. The minimum Gasteiger partial charge on any atom is -0.497 e. The molecule has 0 aliphatic carbocycles. The first-order valence-electron chi connectivity index (χ1n) is 9.37. The summed E-state index contributed by atoms with van der Waals surface area (Å²) in [6.45, 7) is 4.13. The lowest BCUT2D eigenvalue weighted by Crippen LogP contribution is -2.35. The molecular weight excluding hydrogens is 354 g/mol. The number of hydrogen-bond donors (Lipinski definition) is 1. The molecule has 1 heterocycles. The van der Waals surface area contributed by atoms with Crippen LogP contribution in [0.5, 0.6) is 11.5 Å². The molecule has 0 fully saturated rings. The molecule has 0 spiro atoms. The van der Waals surface area contributed by atoms with Gasteiger partial charge in [0.2, 0.25) is 0 Å². The Bertz CT molecular complexity index is 830. The minimum atomic E-state index is -0.623. The summed E-state index contributed by atoms with van der Waals surface area (Å²) in [5, 5.41) is 10.5. The predicted molar refractivity (Wildman–Crippen MR) is 108 cm³/mol. The second-order valence-electron chi connectivity index (χ2n) is 6.88. The zero-order valence-corrected chi connectivity index (χ0v) is 16.4. The summed E-state index contributed by atoms with van der Waals surface area (Å²) in [5.41, 5.74) is 2.42. The largest absolute Gasteiger partial charge is 0.497 e. The quantitative estimate of drug-likeness (QED) is 0.574. The summed E-state index contributed by atoms with van der Waals surface area (Å²) in [6, 6.07) is 19.6. The van der Waals surface area contributed by atoms with E-state index in [1.54, 1.807) is 13.4 Å². The van der Waals surface area contributed by atoms with Gasteiger partial charge < -0.3 is 19.0 Å². The van der Waals surface area contributed by atoms with Crippen LogP contribution < -0.4 is 9.47 Å². The Morgan fingerprint density at radius 3 is 2.46 bits per heavy atom. The van der Waals surface area contributed by atoms with Crippen LogP contribution in [0.3, 0.4) is 0 Å². The first-order valence-corrected chi connectivity index (χ1v) is 9.37. The Labute approximate surface area is 166 Å². The monoisotopic (exact) mass is 381 g/mol. The number of rotatable bonds is 10. The molecule has 0 saturated heterocycles. The number of aliphatic hydroxyl groups is 1. The molecule has 0 aliphatic rings. The summed E-state index contributed by atoms with van der Waals surface area (Å²) in [5.74, 6) is 2.35. The van der Waals surface area contributed by atoms with Gasteiger partial charge in [0.25, 0.3) is 0 Å². The molecule has 1 aromatic heterocycles. The molecular formula is C23H27NO4. The molecule has 0 radical (unpaired) electrons. The number of benzene rings is 2. The van der Waals surface area contributed by atoms with Gasteiger partial charge in [-0.1, -0.05) is 29.8 Å². The van der Waals surface area contributed by atoms with Gasteiger partial charge in [0.15, 0.2) is 0 Å². The highest BCUT2D eigenvalue weighted by Crippen LogP contribution is 2.18. The van der Waals surface area contributed by atoms with Gasteiger partial charge >= 0.3 is 0 Å². The molecule has 2 aromatic carbocycles. The second-order valence-corrected chi connectivity index (χ2v) is 6.88. The predicted octanol–water partition coefficient (Wildman–Crippen LogP) is 4.04. The Hall–Kier alpha value is -2.76. The number of methoxy groups -OCH3 is 1. The van der Waals surface area contributed by atoms with E-state index in [2.05, 4.69) is 36.1 Å². The van der Waals surface area contributed by atoms with Crippen LogP contribution in [0, 0.1) is 6.92 Å². The highest BCUT2D eigenvalue weighted by Gasteiger charge is 2.15. The molecule has 0 amide bonds. The maximum Gasteiger partial charge on any atom is 0.119 e. The molecule has 0 bridgehead atoms. The highest BCUT2D eigenvalue weighted by molar-refractivity contribution is 5.31. The van der Waals surface area contributed by atoms with Crippen molar-refractivity contribution in [3.8, 4) is 11.5 Å². The van der Waals surface area contributed by atoms with E-state index in [0.717, 1.165) is 18.1 Å².